The Labute approximate surface area is 201 Å². The van der Waals surface area contributed by atoms with Gasteiger partial charge in [-0.05, 0) is 67.3 Å². The van der Waals surface area contributed by atoms with E-state index in [1.807, 2.05) is 18.2 Å². The molecule has 1 aromatic carbocycles. The number of nitrogens with one attached hydrogen (secondary N) is 3. The lowest BCUT2D eigenvalue weighted by Gasteiger charge is -2.30. The summed E-state index contributed by atoms with van der Waals surface area (Å²) >= 11 is 0.882. The molecule has 3 aromatic rings. The molecule has 2 fully saturated rings. The van der Waals surface area contributed by atoms with Crippen molar-refractivity contribution in [1.82, 2.24) is 20.6 Å². The highest BCUT2D eigenvalue weighted by molar-refractivity contribution is 8.18. The highest BCUT2D eigenvalue weighted by atomic mass is 32.2. The van der Waals surface area contributed by atoms with Gasteiger partial charge in [0.05, 0.1) is 16.9 Å². The van der Waals surface area contributed by atoms with E-state index in [0.29, 0.717) is 28.6 Å². The molecule has 3 N–H and O–H groups in total. The first kappa shape index (κ1) is 22.4. The fourth-order valence-corrected chi connectivity index (χ4v) is 4.97. The zero-order chi connectivity index (χ0) is 23.3. The van der Waals surface area contributed by atoms with E-state index in [1.54, 1.807) is 24.6 Å². The number of aromatic nitrogens is 2. The van der Waals surface area contributed by atoms with Crippen LogP contribution in [0.4, 0.5) is 10.7 Å². The first-order chi connectivity index (χ1) is 16.6. The molecule has 1 aliphatic carbocycles. The van der Waals surface area contributed by atoms with Crippen LogP contribution in [0, 0.1) is 0 Å². The Morgan fingerprint density at radius 2 is 1.88 bits per heavy atom. The van der Waals surface area contributed by atoms with Gasteiger partial charge in [0, 0.05) is 30.4 Å². The highest BCUT2D eigenvalue weighted by Gasteiger charge is 2.25. The highest BCUT2D eigenvalue weighted by Crippen LogP contribution is 2.27. The first-order valence-corrected chi connectivity index (χ1v) is 12.2. The van der Waals surface area contributed by atoms with Crippen molar-refractivity contribution in [1.29, 1.82) is 0 Å². The van der Waals surface area contributed by atoms with Crippen molar-refractivity contribution in [3.8, 4) is 11.3 Å². The summed E-state index contributed by atoms with van der Waals surface area (Å²) in [6, 6.07) is 14.7. The predicted octanol–water partition coefficient (Wildman–Crippen LogP) is 4.57. The zero-order valence-corrected chi connectivity index (χ0v) is 19.3. The molecule has 2 aliphatic rings. The second-order valence-corrected chi connectivity index (χ2v) is 9.38. The molecule has 34 heavy (non-hydrogen) atoms. The Kier molecular flexibility index (Phi) is 6.73. The zero-order valence-electron chi connectivity index (χ0n) is 18.5. The van der Waals surface area contributed by atoms with Gasteiger partial charge >= 0.3 is 0 Å². The maximum absolute atomic E-state index is 11.8. The number of carbonyl (C=O) groups is 2. The summed E-state index contributed by atoms with van der Waals surface area (Å²) in [6.07, 6.45) is 9.11. The Morgan fingerprint density at radius 3 is 2.65 bits per heavy atom. The third-order valence-corrected chi connectivity index (χ3v) is 6.85. The monoisotopic (exact) mass is 475 g/mol. The number of hydrogen-bond acceptors (Lipinski definition) is 8. The third-order valence-electron chi connectivity index (χ3n) is 6.04. The van der Waals surface area contributed by atoms with Gasteiger partial charge in [-0.2, -0.15) is 0 Å². The van der Waals surface area contributed by atoms with Crippen molar-refractivity contribution in [3.63, 3.8) is 0 Å². The Balaban J connectivity index is 1.13. The number of thioether (sulfide) groups is 1. The minimum atomic E-state index is -0.388. The van der Waals surface area contributed by atoms with Crippen LogP contribution in [0.25, 0.3) is 17.4 Å². The van der Waals surface area contributed by atoms with Crippen LogP contribution in [-0.4, -0.2) is 33.2 Å². The van der Waals surface area contributed by atoms with Gasteiger partial charge in [0.15, 0.2) is 0 Å². The Bertz CT molecular complexity index is 1200. The molecule has 9 heteroatoms. The molecule has 0 radical (unpaired) electrons. The molecule has 2 aromatic heterocycles. The molecular formula is C25H25N5O3S. The van der Waals surface area contributed by atoms with E-state index < -0.39 is 0 Å². The summed E-state index contributed by atoms with van der Waals surface area (Å²) in [5, 5.41) is 9.01. The average molecular weight is 476 g/mol. The van der Waals surface area contributed by atoms with Crippen molar-refractivity contribution < 1.29 is 14.0 Å². The molecule has 8 nitrogen and oxygen atoms in total. The number of imide groups is 1. The van der Waals surface area contributed by atoms with E-state index in [0.717, 1.165) is 55.3 Å². The van der Waals surface area contributed by atoms with Gasteiger partial charge in [-0.15, -0.1) is 0 Å². The lowest BCUT2D eigenvalue weighted by molar-refractivity contribution is -0.115. The molecule has 1 saturated carbocycles. The quantitative estimate of drug-likeness (QED) is 0.426. The minimum Gasteiger partial charge on any atom is -0.464 e. The van der Waals surface area contributed by atoms with Crippen LogP contribution < -0.4 is 16.0 Å². The maximum atomic E-state index is 11.8. The van der Waals surface area contributed by atoms with Gasteiger partial charge < -0.3 is 15.1 Å². The number of amides is 2. The number of anilines is 1. The van der Waals surface area contributed by atoms with E-state index in [9.17, 15) is 9.59 Å². The smallest absolute Gasteiger partial charge is 0.290 e. The van der Waals surface area contributed by atoms with E-state index in [1.165, 1.54) is 5.56 Å². The van der Waals surface area contributed by atoms with Gasteiger partial charge in [0.25, 0.3) is 11.1 Å². The van der Waals surface area contributed by atoms with Crippen LogP contribution in [0.5, 0.6) is 0 Å². The maximum Gasteiger partial charge on any atom is 0.290 e. The topological polar surface area (TPSA) is 109 Å². The van der Waals surface area contributed by atoms with Crippen LogP contribution in [0.3, 0.4) is 0 Å². The molecular weight excluding hydrogens is 450 g/mol. The molecule has 174 valence electrons. The third kappa shape index (κ3) is 5.37. The molecule has 0 atom stereocenters. The molecule has 1 saturated heterocycles. The second kappa shape index (κ2) is 10.2. The van der Waals surface area contributed by atoms with E-state index in [-0.39, 0.29) is 11.1 Å². The summed E-state index contributed by atoms with van der Waals surface area (Å²) in [5.74, 6) is 1.04. The molecule has 0 bridgehead atoms. The average Bonchev–Trinajstić information content (AvgIpc) is 3.49. The normalized spacial score (nSPS) is 21.6. The molecule has 5 rings (SSSR count). The fraction of sp³-hybridized carbons (Fsp3) is 0.280. The number of nitrogens with zero attached hydrogens (tertiary/aromatic N) is 2. The van der Waals surface area contributed by atoms with Crippen molar-refractivity contribution in [2.75, 3.05) is 5.32 Å². The standard InChI is InChI=1S/C25H25N5O3S/c31-23-22(34-25(32)30-23)14-19-11-12-26-24(29-19)28-18-9-7-17(8-10-18)27-15-16-4-1-2-5-20(16)21-6-3-13-33-21/h1-6,11-14,17-18,27H,7-10,15H2,(H,26,28,29)(H,30,31,32)/b22-14+. The van der Waals surface area contributed by atoms with Gasteiger partial charge in [-0.3, -0.25) is 14.9 Å². The van der Waals surface area contributed by atoms with Gasteiger partial charge in [-0.1, -0.05) is 24.3 Å². The largest absolute Gasteiger partial charge is 0.464 e. The molecule has 0 unspecified atom stereocenters. The van der Waals surface area contributed by atoms with Gasteiger partial charge in [0.1, 0.15) is 5.76 Å². The van der Waals surface area contributed by atoms with Crippen LogP contribution in [-0.2, 0) is 11.3 Å². The number of rotatable bonds is 7. The van der Waals surface area contributed by atoms with Crippen molar-refractivity contribution in [2.45, 2.75) is 44.3 Å². The lowest BCUT2D eigenvalue weighted by Crippen LogP contribution is -2.37. The predicted molar refractivity (Wildman–Crippen MR) is 132 cm³/mol. The SMILES string of the molecule is O=C1NC(=O)/C(=C\c2ccnc(NC3CCC(NCc4ccccc4-c4ccco4)CC3)n2)S1. The molecule has 1 aliphatic heterocycles. The van der Waals surface area contributed by atoms with Crippen LogP contribution in [0.1, 0.15) is 36.9 Å². The van der Waals surface area contributed by atoms with Crippen LogP contribution >= 0.6 is 11.8 Å². The summed E-state index contributed by atoms with van der Waals surface area (Å²) < 4.78 is 5.59. The van der Waals surface area contributed by atoms with E-state index in [4.69, 9.17) is 4.42 Å². The lowest BCUT2D eigenvalue weighted by atomic mass is 9.91. The number of carbonyl (C=O) groups excluding carboxylic acids is 2. The van der Waals surface area contributed by atoms with Crippen molar-refractivity contribution in [2.24, 2.45) is 0 Å². The van der Waals surface area contributed by atoms with Crippen LogP contribution in [0.2, 0.25) is 0 Å². The van der Waals surface area contributed by atoms with E-state index >= 15 is 0 Å². The molecule has 0 spiro atoms. The molecule has 2 amide bonds. The van der Waals surface area contributed by atoms with Crippen molar-refractivity contribution in [3.05, 3.63) is 71.1 Å². The van der Waals surface area contributed by atoms with Crippen LogP contribution in [0.15, 0.2) is 64.2 Å². The van der Waals surface area contributed by atoms with Crippen molar-refractivity contribution >= 4 is 34.9 Å². The number of furan rings is 1. The second-order valence-electron chi connectivity index (χ2n) is 8.37. The summed E-state index contributed by atoms with van der Waals surface area (Å²) in [5.41, 5.74) is 2.95. The van der Waals surface area contributed by atoms with Gasteiger partial charge in [-0.25, -0.2) is 9.97 Å². The Hall–Kier alpha value is -3.43. The first-order valence-electron chi connectivity index (χ1n) is 11.3. The minimum absolute atomic E-state index is 0.294. The summed E-state index contributed by atoms with van der Waals surface area (Å²) in [6.45, 7) is 0.799. The summed E-state index contributed by atoms with van der Waals surface area (Å²) in [7, 11) is 0. The fourth-order valence-electron chi connectivity index (χ4n) is 4.30. The number of hydrogen-bond donors (Lipinski definition) is 3. The Morgan fingerprint density at radius 1 is 1.06 bits per heavy atom. The van der Waals surface area contributed by atoms with Gasteiger partial charge in [0.2, 0.25) is 5.95 Å². The number of benzene rings is 1. The molecule has 3 heterocycles. The summed E-state index contributed by atoms with van der Waals surface area (Å²) in [4.78, 5) is 32.3. The van der Waals surface area contributed by atoms with E-state index in [2.05, 4.69) is 44.1 Å².